The minimum Gasteiger partial charge on any atom is -0.445 e. The lowest BCUT2D eigenvalue weighted by molar-refractivity contribution is -0.119. The van der Waals surface area contributed by atoms with Crippen LogP contribution in [-0.4, -0.2) is 29.6 Å². The minimum atomic E-state index is -0.696. The zero-order chi connectivity index (χ0) is 13.4. The van der Waals surface area contributed by atoms with Crippen LogP contribution in [0.15, 0.2) is 30.3 Å². The van der Waals surface area contributed by atoms with E-state index in [0.29, 0.717) is 0 Å². The van der Waals surface area contributed by atoms with Crippen molar-refractivity contribution < 1.29 is 19.4 Å². The summed E-state index contributed by atoms with van der Waals surface area (Å²) >= 11 is 0. The monoisotopic (exact) mass is 251 g/mol. The quantitative estimate of drug-likeness (QED) is 0.798. The number of alkyl carbamates (subject to hydrolysis) is 1. The highest BCUT2D eigenvalue weighted by atomic mass is 16.5. The summed E-state index contributed by atoms with van der Waals surface area (Å²) in [4.78, 5) is 22.6. The molecule has 98 valence electrons. The Morgan fingerprint density at radius 3 is 2.56 bits per heavy atom. The van der Waals surface area contributed by atoms with Crippen LogP contribution in [0.4, 0.5) is 4.79 Å². The highest BCUT2D eigenvalue weighted by Crippen LogP contribution is 2.01. The Balaban J connectivity index is 2.39. The van der Waals surface area contributed by atoms with Crippen molar-refractivity contribution in [1.82, 2.24) is 5.32 Å². The van der Waals surface area contributed by atoms with Gasteiger partial charge in [0.15, 0.2) is 5.78 Å². The molecule has 5 heteroatoms. The molecule has 0 aliphatic rings. The van der Waals surface area contributed by atoms with E-state index in [1.54, 1.807) is 0 Å². The molecule has 0 aliphatic heterocycles. The van der Waals surface area contributed by atoms with Crippen LogP contribution < -0.4 is 5.32 Å². The van der Waals surface area contributed by atoms with Crippen molar-refractivity contribution >= 4 is 11.9 Å². The number of carbonyl (C=O) groups is 2. The van der Waals surface area contributed by atoms with Crippen molar-refractivity contribution in [2.45, 2.75) is 26.0 Å². The van der Waals surface area contributed by atoms with Crippen LogP contribution in [0, 0.1) is 0 Å². The van der Waals surface area contributed by atoms with E-state index in [9.17, 15) is 9.59 Å². The van der Waals surface area contributed by atoms with E-state index in [1.807, 2.05) is 30.3 Å². The number of aliphatic hydroxyl groups excluding tert-OH is 1. The first-order chi connectivity index (χ1) is 8.63. The molecule has 0 heterocycles. The highest BCUT2D eigenvalue weighted by molar-refractivity contribution is 5.85. The van der Waals surface area contributed by atoms with Gasteiger partial charge < -0.3 is 15.2 Å². The number of rotatable bonds is 6. The molecule has 1 atom stereocenters. The van der Waals surface area contributed by atoms with Crippen molar-refractivity contribution in [1.29, 1.82) is 0 Å². The number of ketones is 1. The molecule has 18 heavy (non-hydrogen) atoms. The fourth-order valence-electron chi connectivity index (χ4n) is 1.41. The standard InChI is InChI=1S/C13H17NO4/c1-10(16)12(7-8-15)14-13(17)18-9-11-5-3-2-4-6-11/h2-6,12,15H,7-9H2,1H3,(H,14,17)/t12-/m1/s1. The molecule has 0 unspecified atom stereocenters. The van der Waals surface area contributed by atoms with E-state index in [0.717, 1.165) is 5.56 Å². The largest absolute Gasteiger partial charge is 0.445 e. The summed E-state index contributed by atoms with van der Waals surface area (Å²) in [5.41, 5.74) is 0.870. The van der Waals surface area contributed by atoms with Gasteiger partial charge in [0.1, 0.15) is 6.61 Å². The van der Waals surface area contributed by atoms with Crippen LogP contribution in [0.5, 0.6) is 0 Å². The van der Waals surface area contributed by atoms with Gasteiger partial charge in [-0.05, 0) is 18.9 Å². The molecule has 0 aromatic heterocycles. The molecule has 5 nitrogen and oxygen atoms in total. The lowest BCUT2D eigenvalue weighted by Gasteiger charge is -2.14. The van der Waals surface area contributed by atoms with Crippen molar-refractivity contribution in [2.75, 3.05) is 6.61 Å². The van der Waals surface area contributed by atoms with Crippen LogP contribution in [0.25, 0.3) is 0 Å². The Morgan fingerprint density at radius 1 is 1.33 bits per heavy atom. The summed E-state index contributed by atoms with van der Waals surface area (Å²) in [7, 11) is 0. The topological polar surface area (TPSA) is 75.6 Å². The maximum absolute atomic E-state index is 11.4. The van der Waals surface area contributed by atoms with Crippen LogP contribution in [0.1, 0.15) is 18.9 Å². The third-order valence-electron chi connectivity index (χ3n) is 2.41. The average Bonchev–Trinajstić information content (AvgIpc) is 2.37. The SMILES string of the molecule is CC(=O)[C@@H](CCO)NC(=O)OCc1ccccc1. The van der Waals surface area contributed by atoms with Crippen molar-refractivity contribution in [3.8, 4) is 0 Å². The predicted molar refractivity (Wildman–Crippen MR) is 65.9 cm³/mol. The molecule has 2 N–H and O–H groups in total. The van der Waals surface area contributed by atoms with Gasteiger partial charge in [-0.2, -0.15) is 0 Å². The Morgan fingerprint density at radius 2 is 2.00 bits per heavy atom. The molecule has 1 aromatic rings. The van der Waals surface area contributed by atoms with Gasteiger partial charge in [0, 0.05) is 6.61 Å². The van der Waals surface area contributed by atoms with E-state index in [-0.39, 0.29) is 25.4 Å². The fraction of sp³-hybridized carbons (Fsp3) is 0.385. The van der Waals surface area contributed by atoms with Gasteiger partial charge in [0.2, 0.25) is 0 Å². The second-order valence-electron chi connectivity index (χ2n) is 3.88. The van der Waals surface area contributed by atoms with Crippen LogP contribution in [-0.2, 0) is 16.1 Å². The summed E-state index contributed by atoms with van der Waals surface area (Å²) in [5, 5.41) is 11.2. The molecule has 0 saturated heterocycles. The zero-order valence-corrected chi connectivity index (χ0v) is 10.3. The number of aliphatic hydroxyl groups is 1. The predicted octanol–water partition coefficient (Wildman–Crippen LogP) is 1.25. The summed E-state index contributed by atoms with van der Waals surface area (Å²) in [5.74, 6) is -0.208. The van der Waals surface area contributed by atoms with Crippen molar-refractivity contribution in [3.63, 3.8) is 0 Å². The Kier molecular flexibility index (Phi) is 5.87. The van der Waals surface area contributed by atoms with E-state index in [2.05, 4.69) is 5.32 Å². The Bertz CT molecular complexity index is 391. The number of carbonyl (C=O) groups excluding carboxylic acids is 2. The maximum atomic E-state index is 11.4. The van der Waals surface area contributed by atoms with Gasteiger partial charge in [0.25, 0.3) is 0 Å². The van der Waals surface area contributed by atoms with Gasteiger partial charge in [-0.3, -0.25) is 4.79 Å². The number of nitrogens with one attached hydrogen (secondary N) is 1. The lowest BCUT2D eigenvalue weighted by Crippen LogP contribution is -2.40. The normalized spacial score (nSPS) is 11.7. The number of hydrogen-bond acceptors (Lipinski definition) is 4. The first kappa shape index (κ1) is 14.2. The maximum Gasteiger partial charge on any atom is 0.408 e. The second kappa shape index (κ2) is 7.45. The van der Waals surface area contributed by atoms with Crippen molar-refractivity contribution in [2.24, 2.45) is 0 Å². The minimum absolute atomic E-state index is 0.149. The number of benzene rings is 1. The summed E-state index contributed by atoms with van der Waals surface area (Å²) < 4.78 is 4.97. The summed E-state index contributed by atoms with van der Waals surface area (Å²) in [6, 6.07) is 8.55. The molecular weight excluding hydrogens is 234 g/mol. The zero-order valence-electron chi connectivity index (χ0n) is 10.3. The highest BCUT2D eigenvalue weighted by Gasteiger charge is 2.16. The summed E-state index contributed by atoms with van der Waals surface area (Å²) in [6.07, 6.45) is -0.469. The van der Waals surface area contributed by atoms with Gasteiger partial charge in [0.05, 0.1) is 6.04 Å². The third-order valence-corrected chi connectivity index (χ3v) is 2.41. The van der Waals surface area contributed by atoms with Crippen LogP contribution >= 0.6 is 0 Å². The molecule has 1 aromatic carbocycles. The molecule has 0 saturated carbocycles. The van der Waals surface area contributed by atoms with E-state index in [4.69, 9.17) is 9.84 Å². The van der Waals surface area contributed by atoms with Crippen molar-refractivity contribution in [3.05, 3.63) is 35.9 Å². The average molecular weight is 251 g/mol. The Hall–Kier alpha value is -1.88. The number of hydrogen-bond donors (Lipinski definition) is 2. The van der Waals surface area contributed by atoms with Gasteiger partial charge >= 0.3 is 6.09 Å². The van der Waals surface area contributed by atoms with E-state index >= 15 is 0 Å². The first-order valence-electron chi connectivity index (χ1n) is 5.72. The smallest absolute Gasteiger partial charge is 0.408 e. The van der Waals surface area contributed by atoms with Gasteiger partial charge in [-0.1, -0.05) is 30.3 Å². The molecule has 0 radical (unpaired) electrons. The molecule has 0 aliphatic carbocycles. The van der Waals surface area contributed by atoms with Gasteiger partial charge in [-0.15, -0.1) is 0 Å². The summed E-state index contributed by atoms with van der Waals surface area (Å²) in [6.45, 7) is 1.34. The third kappa shape index (κ3) is 4.97. The fourth-order valence-corrected chi connectivity index (χ4v) is 1.41. The van der Waals surface area contributed by atoms with Crippen LogP contribution in [0.2, 0.25) is 0 Å². The molecule has 1 amide bonds. The molecular formula is C13H17NO4. The lowest BCUT2D eigenvalue weighted by atomic mass is 10.1. The molecule has 0 spiro atoms. The molecule has 0 bridgehead atoms. The molecule has 1 rings (SSSR count). The Labute approximate surface area is 106 Å². The number of ether oxygens (including phenoxy) is 1. The van der Waals surface area contributed by atoms with Crippen LogP contribution in [0.3, 0.4) is 0 Å². The molecule has 0 fully saturated rings. The second-order valence-corrected chi connectivity index (χ2v) is 3.88. The van der Waals surface area contributed by atoms with E-state index in [1.165, 1.54) is 6.92 Å². The van der Waals surface area contributed by atoms with Gasteiger partial charge in [-0.25, -0.2) is 4.79 Å². The van der Waals surface area contributed by atoms with E-state index < -0.39 is 12.1 Å². The number of Topliss-reactive ketones (excluding diaryl/α,β-unsaturated/α-hetero) is 1. The number of amides is 1. The first-order valence-corrected chi connectivity index (χ1v) is 5.72.